The van der Waals surface area contributed by atoms with E-state index in [-0.39, 0.29) is 40.9 Å². The molecule has 10 heteroatoms. The first-order valence-corrected chi connectivity index (χ1v) is 6.98. The third-order valence-electron chi connectivity index (χ3n) is 3.65. The number of aliphatic hydroxyl groups is 3. The first kappa shape index (κ1) is 19.9. The molecule has 0 radical (unpaired) electrons. The molecule has 5 atom stereocenters. The van der Waals surface area contributed by atoms with E-state index in [0.717, 1.165) is 0 Å². The SMILES string of the molecule is O=C([O-])C1O[C@H](Oc2ccc3ccc(=O)oc3c2)C(O)C(O)[C@@H]1O.[Na+]. The molecular formula is C15H13NaO9. The Hall–Kier alpha value is -1.46. The maximum absolute atomic E-state index is 11.2. The Morgan fingerprint density at radius 1 is 1.08 bits per heavy atom. The van der Waals surface area contributed by atoms with Crippen molar-refractivity contribution in [2.24, 2.45) is 0 Å². The van der Waals surface area contributed by atoms with Crippen molar-refractivity contribution in [1.29, 1.82) is 0 Å². The molecule has 25 heavy (non-hydrogen) atoms. The second-order valence-corrected chi connectivity index (χ2v) is 5.29. The molecule has 2 aromatic rings. The Bertz CT molecular complexity index is 820. The number of rotatable bonds is 3. The number of hydrogen-bond donors (Lipinski definition) is 3. The van der Waals surface area contributed by atoms with Crippen LogP contribution in [0.5, 0.6) is 5.75 Å². The Morgan fingerprint density at radius 2 is 1.76 bits per heavy atom. The van der Waals surface area contributed by atoms with E-state index < -0.39 is 42.3 Å². The second kappa shape index (κ2) is 7.83. The Kier molecular flexibility index (Phi) is 6.22. The number of aliphatic carboxylic acids is 1. The van der Waals surface area contributed by atoms with Gasteiger partial charge in [0.1, 0.15) is 35.7 Å². The topological polar surface area (TPSA) is 149 Å². The average Bonchev–Trinajstić information content (AvgIpc) is 2.54. The van der Waals surface area contributed by atoms with E-state index in [1.807, 2.05) is 0 Å². The van der Waals surface area contributed by atoms with E-state index in [0.29, 0.717) is 5.39 Å². The molecule has 0 bridgehead atoms. The molecule has 1 aliphatic rings. The number of hydrogen-bond acceptors (Lipinski definition) is 9. The van der Waals surface area contributed by atoms with Gasteiger partial charge in [-0.15, -0.1) is 0 Å². The number of carboxylic acids is 1. The molecule has 0 aliphatic carbocycles. The molecule has 1 fully saturated rings. The number of fused-ring (bicyclic) bond motifs is 1. The number of carbonyl (C=O) groups is 1. The summed E-state index contributed by atoms with van der Waals surface area (Å²) in [7, 11) is 0. The van der Waals surface area contributed by atoms with Crippen LogP contribution in [0, 0.1) is 0 Å². The summed E-state index contributed by atoms with van der Waals surface area (Å²) in [4.78, 5) is 22.2. The van der Waals surface area contributed by atoms with Gasteiger partial charge in [-0.2, -0.15) is 0 Å². The van der Waals surface area contributed by atoms with Gasteiger partial charge in [-0.25, -0.2) is 4.79 Å². The van der Waals surface area contributed by atoms with Gasteiger partial charge in [-0.05, 0) is 18.2 Å². The predicted octanol–water partition coefficient (Wildman–Crippen LogP) is -5.27. The van der Waals surface area contributed by atoms with Crippen molar-refractivity contribution in [3.8, 4) is 5.75 Å². The van der Waals surface area contributed by atoms with Crippen molar-refractivity contribution in [2.45, 2.75) is 30.7 Å². The fourth-order valence-electron chi connectivity index (χ4n) is 2.39. The van der Waals surface area contributed by atoms with Crippen LogP contribution >= 0.6 is 0 Å². The van der Waals surface area contributed by atoms with Crippen LogP contribution in [-0.4, -0.2) is 52.0 Å². The van der Waals surface area contributed by atoms with Gasteiger partial charge in [-0.1, -0.05) is 0 Å². The molecule has 2 heterocycles. The van der Waals surface area contributed by atoms with E-state index >= 15 is 0 Å². The van der Waals surface area contributed by atoms with Crippen LogP contribution in [0.2, 0.25) is 0 Å². The molecule has 0 spiro atoms. The number of carboxylic acid groups (broad SMARTS) is 1. The van der Waals surface area contributed by atoms with Crippen LogP contribution in [0.3, 0.4) is 0 Å². The fourth-order valence-corrected chi connectivity index (χ4v) is 2.39. The van der Waals surface area contributed by atoms with Crippen molar-refractivity contribution in [2.75, 3.05) is 0 Å². The molecule has 3 rings (SSSR count). The summed E-state index contributed by atoms with van der Waals surface area (Å²) in [5, 5.41) is 40.7. The first-order chi connectivity index (χ1) is 11.4. The molecule has 9 nitrogen and oxygen atoms in total. The smallest absolute Gasteiger partial charge is 0.547 e. The van der Waals surface area contributed by atoms with E-state index in [4.69, 9.17) is 13.9 Å². The zero-order chi connectivity index (χ0) is 17.4. The van der Waals surface area contributed by atoms with Gasteiger partial charge < -0.3 is 39.1 Å². The standard InChI is InChI=1S/C15H14O9.Na/c16-9-4-2-6-1-3-7(5-8(6)23-9)22-15-12(19)10(17)11(18)13(24-15)14(20)21;/h1-5,10-13,15,17-19H,(H,20,21);/q;+1/p-1/t10?,11-,12?,13?,15-;/m0./s1. The van der Waals surface area contributed by atoms with Crippen molar-refractivity contribution in [3.05, 3.63) is 40.8 Å². The number of ether oxygens (including phenoxy) is 2. The van der Waals surface area contributed by atoms with Crippen LogP contribution in [-0.2, 0) is 9.53 Å². The molecule has 3 N–H and O–H groups in total. The normalized spacial score (nSPS) is 29.0. The maximum atomic E-state index is 11.2. The van der Waals surface area contributed by atoms with Crippen LogP contribution in [0.15, 0.2) is 39.5 Å². The van der Waals surface area contributed by atoms with Gasteiger partial charge in [0.2, 0.25) is 6.29 Å². The largest absolute Gasteiger partial charge is 1.00 e. The summed E-state index contributed by atoms with van der Waals surface area (Å²) in [5.74, 6) is -1.66. The van der Waals surface area contributed by atoms with Gasteiger partial charge in [0.15, 0.2) is 0 Å². The molecule has 128 valence electrons. The van der Waals surface area contributed by atoms with Crippen molar-refractivity contribution >= 4 is 16.9 Å². The molecule has 3 unspecified atom stereocenters. The Labute approximate surface area is 162 Å². The van der Waals surface area contributed by atoms with E-state index in [1.165, 1.54) is 18.2 Å². The van der Waals surface area contributed by atoms with E-state index in [2.05, 4.69) is 0 Å². The minimum absolute atomic E-state index is 0. The fraction of sp³-hybridized carbons (Fsp3) is 0.333. The predicted molar refractivity (Wildman–Crippen MR) is 74.8 cm³/mol. The zero-order valence-electron chi connectivity index (χ0n) is 13.1. The quantitative estimate of drug-likeness (QED) is 0.360. The monoisotopic (exact) mass is 360 g/mol. The Balaban J connectivity index is 0.00000225. The molecule has 0 amide bonds. The summed E-state index contributed by atoms with van der Waals surface area (Å²) >= 11 is 0. The van der Waals surface area contributed by atoms with Gasteiger partial charge in [0, 0.05) is 17.5 Å². The number of carbonyl (C=O) groups excluding carboxylic acids is 1. The summed E-state index contributed by atoms with van der Waals surface area (Å²) in [6.07, 6.45) is -8.80. The van der Waals surface area contributed by atoms with Crippen molar-refractivity contribution in [3.63, 3.8) is 0 Å². The molecule has 1 aliphatic heterocycles. The molecular weight excluding hydrogens is 347 g/mol. The second-order valence-electron chi connectivity index (χ2n) is 5.29. The van der Waals surface area contributed by atoms with Gasteiger partial charge >= 0.3 is 35.2 Å². The molecule has 1 aromatic heterocycles. The zero-order valence-corrected chi connectivity index (χ0v) is 15.1. The number of benzene rings is 1. The van der Waals surface area contributed by atoms with Crippen molar-refractivity contribution in [1.82, 2.24) is 0 Å². The van der Waals surface area contributed by atoms with Crippen LogP contribution < -0.4 is 45.0 Å². The molecule has 1 saturated heterocycles. The van der Waals surface area contributed by atoms with Crippen LogP contribution in [0.1, 0.15) is 0 Å². The van der Waals surface area contributed by atoms with Gasteiger partial charge in [0.25, 0.3) is 0 Å². The van der Waals surface area contributed by atoms with E-state index in [9.17, 15) is 30.0 Å². The minimum Gasteiger partial charge on any atom is -0.547 e. The first-order valence-electron chi connectivity index (χ1n) is 6.98. The van der Waals surface area contributed by atoms with Crippen LogP contribution in [0.4, 0.5) is 0 Å². The third kappa shape index (κ3) is 4.04. The van der Waals surface area contributed by atoms with Gasteiger partial charge in [0.05, 0.1) is 5.97 Å². The average molecular weight is 360 g/mol. The number of aliphatic hydroxyl groups excluding tert-OH is 3. The summed E-state index contributed by atoms with van der Waals surface area (Å²) in [6.45, 7) is 0. The summed E-state index contributed by atoms with van der Waals surface area (Å²) in [5.41, 5.74) is -0.355. The van der Waals surface area contributed by atoms with Crippen LogP contribution in [0.25, 0.3) is 11.0 Å². The molecule has 1 aromatic carbocycles. The maximum Gasteiger partial charge on any atom is 1.00 e. The van der Waals surface area contributed by atoms with Gasteiger partial charge in [-0.3, -0.25) is 0 Å². The Morgan fingerprint density at radius 3 is 2.44 bits per heavy atom. The van der Waals surface area contributed by atoms with E-state index in [1.54, 1.807) is 12.1 Å². The molecule has 0 saturated carbocycles. The summed E-state index contributed by atoms with van der Waals surface area (Å²) in [6, 6.07) is 7.19. The van der Waals surface area contributed by atoms with Crippen molar-refractivity contribution < 1.29 is 68.7 Å². The third-order valence-corrected chi connectivity index (χ3v) is 3.65. The summed E-state index contributed by atoms with van der Waals surface area (Å²) < 4.78 is 15.2. The minimum atomic E-state index is -1.87.